The van der Waals surface area contributed by atoms with Crippen molar-refractivity contribution in [3.63, 3.8) is 0 Å². The standard InChI is InChI=1S/C15H22F2N4O.2ClH/c1-2-21-9-12(8-19-21)11-3-5-20(6-4-11)14(22)13-7-15(16,17)10-18-13;;/h8-9,11,13,18H,2-7,10H2,1H3;2*1H. The number of halogens is 4. The zero-order chi connectivity index (χ0) is 15.7. The van der Waals surface area contributed by atoms with Gasteiger partial charge in [0.15, 0.2) is 0 Å². The van der Waals surface area contributed by atoms with Gasteiger partial charge in [-0.25, -0.2) is 8.78 Å². The van der Waals surface area contributed by atoms with Crippen molar-refractivity contribution < 1.29 is 13.6 Å². The van der Waals surface area contributed by atoms with Gasteiger partial charge < -0.3 is 4.90 Å². The number of aryl methyl sites for hydroxylation is 1. The molecule has 0 saturated carbocycles. The van der Waals surface area contributed by atoms with Crippen LogP contribution in [0, 0.1) is 0 Å². The summed E-state index contributed by atoms with van der Waals surface area (Å²) in [7, 11) is 0. The number of carbonyl (C=O) groups is 1. The molecular weight excluding hydrogens is 361 g/mol. The molecule has 9 heteroatoms. The van der Waals surface area contributed by atoms with E-state index in [0.29, 0.717) is 19.0 Å². The molecule has 2 saturated heterocycles. The third-order valence-corrected chi connectivity index (χ3v) is 4.66. The first-order valence-corrected chi connectivity index (χ1v) is 7.91. The highest BCUT2D eigenvalue weighted by Crippen LogP contribution is 2.30. The maximum atomic E-state index is 13.2. The number of hydrogen-bond acceptors (Lipinski definition) is 3. The summed E-state index contributed by atoms with van der Waals surface area (Å²) < 4.78 is 28.3. The van der Waals surface area contributed by atoms with E-state index in [4.69, 9.17) is 0 Å². The van der Waals surface area contributed by atoms with Crippen LogP contribution in [0.25, 0.3) is 0 Å². The van der Waals surface area contributed by atoms with Gasteiger partial charge in [-0.3, -0.25) is 14.8 Å². The number of carbonyl (C=O) groups excluding carboxylic acids is 1. The molecule has 1 N–H and O–H groups in total. The van der Waals surface area contributed by atoms with Crippen LogP contribution in [0.5, 0.6) is 0 Å². The molecule has 0 aromatic carbocycles. The second kappa shape index (κ2) is 8.45. The van der Waals surface area contributed by atoms with Crippen LogP contribution in [-0.4, -0.2) is 52.2 Å². The molecule has 1 unspecified atom stereocenters. The van der Waals surface area contributed by atoms with Gasteiger partial charge in [-0.2, -0.15) is 5.10 Å². The van der Waals surface area contributed by atoms with Gasteiger partial charge in [0.25, 0.3) is 5.92 Å². The number of alkyl halides is 2. The molecule has 0 radical (unpaired) electrons. The predicted molar refractivity (Wildman–Crippen MR) is 92.3 cm³/mol. The first-order chi connectivity index (χ1) is 10.5. The first-order valence-electron chi connectivity index (χ1n) is 7.91. The molecule has 3 rings (SSSR count). The molecule has 3 heterocycles. The summed E-state index contributed by atoms with van der Waals surface area (Å²) in [6, 6.07) is -0.727. The van der Waals surface area contributed by atoms with Crippen LogP contribution in [0.1, 0.15) is 37.7 Å². The lowest BCUT2D eigenvalue weighted by molar-refractivity contribution is -0.134. The second-order valence-electron chi connectivity index (χ2n) is 6.22. The molecule has 2 aliphatic heterocycles. The van der Waals surface area contributed by atoms with Gasteiger partial charge in [0, 0.05) is 32.3 Å². The number of nitrogens with one attached hydrogen (secondary N) is 1. The molecular formula is C15H24Cl2F2N4O. The van der Waals surface area contributed by atoms with Gasteiger partial charge >= 0.3 is 0 Å². The second-order valence-corrected chi connectivity index (χ2v) is 6.22. The average Bonchev–Trinajstić information content (AvgIpc) is 3.13. The molecule has 0 aliphatic carbocycles. The van der Waals surface area contributed by atoms with Crippen molar-refractivity contribution in [1.82, 2.24) is 20.0 Å². The van der Waals surface area contributed by atoms with Crippen molar-refractivity contribution in [1.29, 1.82) is 0 Å². The summed E-state index contributed by atoms with van der Waals surface area (Å²) in [6.07, 6.45) is 5.30. The van der Waals surface area contributed by atoms with E-state index in [2.05, 4.69) is 16.6 Å². The molecule has 1 amide bonds. The summed E-state index contributed by atoms with van der Waals surface area (Å²) in [5.41, 5.74) is 1.21. The van der Waals surface area contributed by atoms with Crippen LogP contribution >= 0.6 is 24.8 Å². The van der Waals surface area contributed by atoms with Crippen LogP contribution in [0.3, 0.4) is 0 Å². The zero-order valence-corrected chi connectivity index (χ0v) is 15.2. The van der Waals surface area contributed by atoms with Crippen LogP contribution in [0.15, 0.2) is 12.4 Å². The first kappa shape index (κ1) is 21.1. The SMILES string of the molecule is CCn1cc(C2CCN(C(=O)C3CC(F)(F)CN3)CC2)cn1.Cl.Cl. The van der Waals surface area contributed by atoms with Gasteiger partial charge in [0.1, 0.15) is 0 Å². The molecule has 5 nitrogen and oxygen atoms in total. The van der Waals surface area contributed by atoms with Gasteiger partial charge in [0.2, 0.25) is 5.91 Å². The monoisotopic (exact) mass is 384 g/mol. The topological polar surface area (TPSA) is 50.2 Å². The van der Waals surface area contributed by atoms with E-state index in [-0.39, 0.29) is 37.1 Å². The third kappa shape index (κ3) is 4.58. The number of aromatic nitrogens is 2. The Kier molecular flexibility index (Phi) is 7.44. The van der Waals surface area contributed by atoms with Crippen molar-refractivity contribution in [2.45, 2.75) is 50.6 Å². The molecule has 0 bridgehead atoms. The summed E-state index contributed by atoms with van der Waals surface area (Å²) in [5, 5.41) is 6.93. The molecule has 138 valence electrons. The Balaban J connectivity index is 0.00000144. The Morgan fingerprint density at radius 2 is 2.04 bits per heavy atom. The van der Waals surface area contributed by atoms with E-state index >= 15 is 0 Å². The largest absolute Gasteiger partial charge is 0.341 e. The minimum absolute atomic E-state index is 0. The zero-order valence-electron chi connectivity index (χ0n) is 13.6. The Bertz CT molecular complexity index is 547. The number of rotatable bonds is 3. The van der Waals surface area contributed by atoms with Crippen molar-refractivity contribution >= 4 is 30.7 Å². The molecule has 1 atom stereocenters. The van der Waals surface area contributed by atoms with Gasteiger partial charge in [-0.15, -0.1) is 24.8 Å². The maximum absolute atomic E-state index is 13.2. The molecule has 1 aromatic heterocycles. The minimum atomic E-state index is -2.76. The number of hydrogen-bond donors (Lipinski definition) is 1. The summed E-state index contributed by atoms with van der Waals surface area (Å²) in [6.45, 7) is 3.76. The van der Waals surface area contributed by atoms with Crippen LogP contribution in [-0.2, 0) is 11.3 Å². The quantitative estimate of drug-likeness (QED) is 0.870. The number of nitrogens with zero attached hydrogens (tertiary/aromatic N) is 3. The minimum Gasteiger partial charge on any atom is -0.341 e. The fraction of sp³-hybridized carbons (Fsp3) is 0.733. The molecule has 1 aromatic rings. The van der Waals surface area contributed by atoms with E-state index in [1.54, 1.807) is 4.90 Å². The van der Waals surface area contributed by atoms with Crippen LogP contribution < -0.4 is 5.32 Å². The van der Waals surface area contributed by atoms with E-state index in [1.165, 1.54) is 5.56 Å². The Morgan fingerprint density at radius 3 is 2.54 bits per heavy atom. The van der Waals surface area contributed by atoms with E-state index in [1.807, 2.05) is 17.8 Å². The van der Waals surface area contributed by atoms with E-state index in [0.717, 1.165) is 19.4 Å². The number of amides is 1. The van der Waals surface area contributed by atoms with Gasteiger partial charge in [0.05, 0.1) is 18.8 Å². The Morgan fingerprint density at radius 1 is 1.38 bits per heavy atom. The van der Waals surface area contributed by atoms with Crippen LogP contribution in [0.4, 0.5) is 8.78 Å². The maximum Gasteiger partial charge on any atom is 0.262 e. The molecule has 2 aliphatic rings. The van der Waals surface area contributed by atoms with E-state index < -0.39 is 18.5 Å². The van der Waals surface area contributed by atoms with Crippen molar-refractivity contribution in [2.75, 3.05) is 19.6 Å². The van der Waals surface area contributed by atoms with Gasteiger partial charge in [-0.1, -0.05) is 0 Å². The van der Waals surface area contributed by atoms with Crippen LogP contribution in [0.2, 0.25) is 0 Å². The summed E-state index contributed by atoms with van der Waals surface area (Å²) in [5.74, 6) is -2.53. The molecule has 0 spiro atoms. The normalized spacial score (nSPS) is 23.5. The highest BCUT2D eigenvalue weighted by atomic mass is 35.5. The Hall–Kier alpha value is -0.920. The molecule has 24 heavy (non-hydrogen) atoms. The lowest BCUT2D eigenvalue weighted by Crippen LogP contribution is -2.46. The fourth-order valence-electron chi connectivity index (χ4n) is 3.31. The van der Waals surface area contributed by atoms with E-state index in [9.17, 15) is 13.6 Å². The highest BCUT2D eigenvalue weighted by Gasteiger charge is 2.43. The molecule has 2 fully saturated rings. The number of likely N-dealkylation sites (tertiary alicyclic amines) is 1. The number of piperidine rings is 1. The third-order valence-electron chi connectivity index (χ3n) is 4.66. The smallest absolute Gasteiger partial charge is 0.262 e. The summed E-state index contributed by atoms with van der Waals surface area (Å²) in [4.78, 5) is 14.0. The average molecular weight is 385 g/mol. The predicted octanol–water partition coefficient (Wildman–Crippen LogP) is 2.45. The fourth-order valence-corrected chi connectivity index (χ4v) is 3.31. The van der Waals surface area contributed by atoms with Crippen molar-refractivity contribution in [2.24, 2.45) is 0 Å². The van der Waals surface area contributed by atoms with Gasteiger partial charge in [-0.05, 0) is 31.2 Å². The highest BCUT2D eigenvalue weighted by molar-refractivity contribution is 5.85. The van der Waals surface area contributed by atoms with Crippen molar-refractivity contribution in [3.8, 4) is 0 Å². The summed E-state index contributed by atoms with van der Waals surface area (Å²) >= 11 is 0. The lowest BCUT2D eigenvalue weighted by Gasteiger charge is -2.33. The van der Waals surface area contributed by atoms with Crippen molar-refractivity contribution in [3.05, 3.63) is 18.0 Å². The Labute approximate surface area is 153 Å². The lowest BCUT2D eigenvalue weighted by atomic mass is 9.91.